The Bertz CT molecular complexity index is 1520. The molecule has 0 saturated heterocycles. The van der Waals surface area contributed by atoms with Gasteiger partial charge in [0.2, 0.25) is 0 Å². The predicted octanol–water partition coefficient (Wildman–Crippen LogP) is 2.60. The van der Waals surface area contributed by atoms with E-state index in [4.69, 9.17) is 21.9 Å². The van der Waals surface area contributed by atoms with Crippen LogP contribution in [0.5, 0.6) is 0 Å². The standard InChI is InChI=1S/C20H18N8OS2/c1-27-16-13(17-18(27)26-15(31-17)5-11-7-24-20(23)30-11)8-25-28(19(16)29)9-10-3-2-4-14(22)12(10)6-21/h2-4,6-8,21H,5,9,22H2,1H3,(H2,23,24). The van der Waals surface area contributed by atoms with Gasteiger partial charge >= 0.3 is 0 Å². The molecular formula is C20H18N8OS2. The van der Waals surface area contributed by atoms with Crippen molar-refractivity contribution in [1.29, 1.82) is 5.41 Å². The summed E-state index contributed by atoms with van der Waals surface area (Å²) in [6, 6.07) is 5.39. The highest BCUT2D eigenvalue weighted by atomic mass is 32.1. The maximum absolute atomic E-state index is 13.2. The largest absolute Gasteiger partial charge is 0.398 e. The Balaban J connectivity index is 1.57. The van der Waals surface area contributed by atoms with Crippen LogP contribution in [0.25, 0.3) is 21.3 Å². The van der Waals surface area contributed by atoms with Crippen molar-refractivity contribution in [3.63, 3.8) is 0 Å². The molecule has 5 rings (SSSR count). The normalized spacial score (nSPS) is 11.5. The molecule has 11 heteroatoms. The number of fused-ring (bicyclic) bond motifs is 3. The molecule has 5 N–H and O–H groups in total. The molecule has 0 bridgehead atoms. The summed E-state index contributed by atoms with van der Waals surface area (Å²) in [4.78, 5) is 23.1. The lowest BCUT2D eigenvalue weighted by atomic mass is 10.1. The van der Waals surface area contributed by atoms with Crippen molar-refractivity contribution in [2.45, 2.75) is 13.0 Å². The van der Waals surface area contributed by atoms with E-state index in [2.05, 4.69) is 10.1 Å². The van der Waals surface area contributed by atoms with Gasteiger partial charge in [0.05, 0.1) is 17.4 Å². The average molecular weight is 451 g/mol. The topological polar surface area (TPSA) is 141 Å². The third kappa shape index (κ3) is 3.18. The van der Waals surface area contributed by atoms with E-state index < -0.39 is 0 Å². The lowest BCUT2D eigenvalue weighted by Gasteiger charge is -2.10. The fraction of sp³-hybridized carbons (Fsp3) is 0.150. The van der Waals surface area contributed by atoms with Gasteiger partial charge < -0.3 is 21.4 Å². The van der Waals surface area contributed by atoms with Crippen molar-refractivity contribution in [2.75, 3.05) is 11.5 Å². The smallest absolute Gasteiger partial charge is 0.291 e. The van der Waals surface area contributed by atoms with E-state index in [1.54, 1.807) is 29.8 Å². The maximum Gasteiger partial charge on any atom is 0.291 e. The molecule has 31 heavy (non-hydrogen) atoms. The molecule has 0 aliphatic carbocycles. The van der Waals surface area contributed by atoms with Crippen molar-refractivity contribution in [3.05, 3.63) is 62.0 Å². The first-order valence-corrected chi connectivity index (χ1v) is 11.0. The summed E-state index contributed by atoms with van der Waals surface area (Å²) in [5.41, 5.74) is 14.7. The van der Waals surface area contributed by atoms with Crippen LogP contribution in [0.1, 0.15) is 21.0 Å². The first kappa shape index (κ1) is 19.4. The number of nitrogen functional groups attached to an aromatic ring is 2. The van der Waals surface area contributed by atoms with Gasteiger partial charge in [-0.25, -0.2) is 14.6 Å². The van der Waals surface area contributed by atoms with Crippen molar-refractivity contribution in [3.8, 4) is 0 Å². The first-order valence-electron chi connectivity index (χ1n) is 9.38. The lowest BCUT2D eigenvalue weighted by molar-refractivity contribution is 0.644. The number of rotatable bonds is 5. The Hall–Kier alpha value is -3.57. The number of hydrogen-bond acceptors (Lipinski definition) is 9. The van der Waals surface area contributed by atoms with E-state index in [0.717, 1.165) is 31.2 Å². The Morgan fingerprint density at radius 2 is 2.06 bits per heavy atom. The molecule has 0 atom stereocenters. The summed E-state index contributed by atoms with van der Waals surface area (Å²) in [5, 5.41) is 14.3. The van der Waals surface area contributed by atoms with Gasteiger partial charge in [-0.05, 0) is 11.6 Å². The molecule has 0 spiro atoms. The van der Waals surface area contributed by atoms with Gasteiger partial charge in [0.15, 0.2) is 10.8 Å². The number of thiazole rings is 2. The maximum atomic E-state index is 13.2. The molecule has 0 radical (unpaired) electrons. The minimum atomic E-state index is -0.208. The highest BCUT2D eigenvalue weighted by molar-refractivity contribution is 7.20. The highest BCUT2D eigenvalue weighted by Gasteiger charge is 2.19. The zero-order chi connectivity index (χ0) is 21.7. The Morgan fingerprint density at radius 1 is 1.23 bits per heavy atom. The first-order chi connectivity index (χ1) is 15.0. The molecular weight excluding hydrogens is 432 g/mol. The van der Waals surface area contributed by atoms with Crippen molar-refractivity contribution < 1.29 is 0 Å². The molecule has 0 fully saturated rings. The van der Waals surface area contributed by atoms with Gasteiger partial charge in [-0.1, -0.05) is 12.1 Å². The molecule has 9 nitrogen and oxygen atoms in total. The summed E-state index contributed by atoms with van der Waals surface area (Å²) in [6.45, 7) is 0.231. The Kier molecular flexibility index (Phi) is 4.56. The molecule has 4 heterocycles. The number of aryl methyl sites for hydroxylation is 1. The van der Waals surface area contributed by atoms with Crippen LogP contribution in [0.4, 0.5) is 10.8 Å². The van der Waals surface area contributed by atoms with Crippen LogP contribution in [-0.4, -0.2) is 30.5 Å². The van der Waals surface area contributed by atoms with Gasteiger partial charge in [0, 0.05) is 47.4 Å². The third-order valence-corrected chi connectivity index (χ3v) is 7.07. The number of nitrogens with two attached hydrogens (primary N) is 2. The monoisotopic (exact) mass is 450 g/mol. The van der Waals surface area contributed by atoms with E-state index in [-0.39, 0.29) is 12.1 Å². The summed E-state index contributed by atoms with van der Waals surface area (Å²) in [6.07, 6.45) is 5.34. The highest BCUT2D eigenvalue weighted by Crippen LogP contribution is 2.32. The summed E-state index contributed by atoms with van der Waals surface area (Å²) >= 11 is 3.00. The quantitative estimate of drug-likeness (QED) is 0.278. The van der Waals surface area contributed by atoms with Crippen LogP contribution < -0.4 is 17.0 Å². The molecule has 0 amide bonds. The van der Waals surface area contributed by atoms with E-state index in [1.165, 1.54) is 22.2 Å². The molecule has 1 aromatic carbocycles. The van der Waals surface area contributed by atoms with Crippen molar-refractivity contribution >= 4 is 61.0 Å². The van der Waals surface area contributed by atoms with E-state index in [9.17, 15) is 4.79 Å². The Labute approximate surface area is 184 Å². The van der Waals surface area contributed by atoms with Crippen molar-refractivity contribution in [1.82, 2.24) is 24.3 Å². The molecule has 4 aromatic heterocycles. The van der Waals surface area contributed by atoms with Gasteiger partial charge in [0.1, 0.15) is 10.5 Å². The summed E-state index contributed by atoms with van der Waals surface area (Å²) in [7, 11) is 1.84. The number of aromatic nitrogens is 5. The van der Waals surface area contributed by atoms with Crippen LogP contribution >= 0.6 is 22.7 Å². The number of benzene rings is 1. The Morgan fingerprint density at radius 3 is 2.81 bits per heavy atom. The SMILES string of the molecule is Cn1c2nc(Cc3cnc(N)s3)sc2c2cnn(Cc3cccc(N)c3C=N)c(=O)c21. The van der Waals surface area contributed by atoms with Crippen LogP contribution in [-0.2, 0) is 20.0 Å². The molecule has 0 aliphatic heterocycles. The van der Waals surface area contributed by atoms with E-state index in [0.29, 0.717) is 28.3 Å². The lowest BCUT2D eigenvalue weighted by Crippen LogP contribution is -2.25. The number of hydrogen-bond donors (Lipinski definition) is 3. The second-order valence-corrected chi connectivity index (χ2v) is 9.33. The van der Waals surface area contributed by atoms with E-state index >= 15 is 0 Å². The van der Waals surface area contributed by atoms with Gasteiger partial charge in [-0.3, -0.25) is 4.79 Å². The van der Waals surface area contributed by atoms with Gasteiger partial charge in [0.25, 0.3) is 5.56 Å². The van der Waals surface area contributed by atoms with Crippen molar-refractivity contribution in [2.24, 2.45) is 7.05 Å². The third-order valence-electron chi connectivity index (χ3n) is 5.16. The molecule has 0 unspecified atom stereocenters. The average Bonchev–Trinajstić information content (AvgIpc) is 3.41. The minimum Gasteiger partial charge on any atom is -0.398 e. The number of anilines is 2. The predicted molar refractivity (Wildman–Crippen MR) is 125 cm³/mol. The molecule has 5 aromatic rings. The minimum absolute atomic E-state index is 0.208. The van der Waals surface area contributed by atoms with Crippen LogP contribution in [0.2, 0.25) is 0 Å². The second kappa shape index (κ2) is 7.29. The summed E-state index contributed by atoms with van der Waals surface area (Å²) < 4.78 is 4.16. The molecule has 0 saturated carbocycles. The number of nitrogens with zero attached hydrogens (tertiary/aromatic N) is 5. The second-order valence-electron chi connectivity index (χ2n) is 7.09. The van der Waals surface area contributed by atoms with Crippen LogP contribution in [0, 0.1) is 5.41 Å². The van der Waals surface area contributed by atoms with E-state index in [1.807, 2.05) is 23.7 Å². The van der Waals surface area contributed by atoms with Gasteiger partial charge in [-0.15, -0.1) is 22.7 Å². The van der Waals surface area contributed by atoms with Crippen LogP contribution in [0.15, 0.2) is 35.4 Å². The zero-order valence-corrected chi connectivity index (χ0v) is 18.1. The fourth-order valence-corrected chi connectivity index (χ4v) is 5.59. The number of nitrogens with one attached hydrogen (secondary N) is 1. The van der Waals surface area contributed by atoms with Gasteiger partial charge in [-0.2, -0.15) is 5.10 Å². The molecule has 0 aliphatic rings. The molecule has 156 valence electrons. The fourth-order valence-electron chi connectivity index (χ4n) is 3.68. The summed E-state index contributed by atoms with van der Waals surface area (Å²) in [5.74, 6) is 0. The van der Waals surface area contributed by atoms with Crippen LogP contribution in [0.3, 0.4) is 0 Å². The zero-order valence-electron chi connectivity index (χ0n) is 16.5.